The van der Waals surface area contributed by atoms with Crippen LogP contribution in [0.2, 0.25) is 5.02 Å². The van der Waals surface area contributed by atoms with Gasteiger partial charge in [0.25, 0.3) is 0 Å². The van der Waals surface area contributed by atoms with Crippen molar-refractivity contribution >= 4 is 17.5 Å². The highest BCUT2D eigenvalue weighted by Gasteiger charge is 2.19. The lowest BCUT2D eigenvalue weighted by molar-refractivity contribution is -0.123. The van der Waals surface area contributed by atoms with E-state index >= 15 is 0 Å². The second-order valence-corrected chi connectivity index (χ2v) is 5.01. The van der Waals surface area contributed by atoms with E-state index in [0.717, 1.165) is 5.56 Å². The average Bonchev–Trinajstić information content (AvgIpc) is 2.26. The molecular weight excluding hydrogens is 236 g/mol. The molecule has 3 nitrogen and oxygen atoms in total. The van der Waals surface area contributed by atoms with Crippen LogP contribution in [0.5, 0.6) is 0 Å². The van der Waals surface area contributed by atoms with Crippen LogP contribution in [-0.4, -0.2) is 11.9 Å². The van der Waals surface area contributed by atoms with Crippen molar-refractivity contribution in [2.75, 3.05) is 0 Å². The van der Waals surface area contributed by atoms with Gasteiger partial charge in [0.1, 0.15) is 0 Å². The van der Waals surface area contributed by atoms with Crippen molar-refractivity contribution in [1.82, 2.24) is 5.32 Å². The standard InChI is InChI=1S/C13H19ClN2O/c1-8(2)12(16-13(17)9(3)15)10-4-6-11(14)7-5-10/h4-9,12H,15H2,1-3H3,(H,16,17). The minimum atomic E-state index is -0.497. The summed E-state index contributed by atoms with van der Waals surface area (Å²) in [4.78, 5) is 11.6. The van der Waals surface area contributed by atoms with E-state index in [0.29, 0.717) is 10.9 Å². The molecule has 0 saturated carbocycles. The fourth-order valence-electron chi connectivity index (χ4n) is 1.59. The molecule has 1 amide bonds. The maximum atomic E-state index is 11.6. The van der Waals surface area contributed by atoms with E-state index in [1.54, 1.807) is 6.92 Å². The van der Waals surface area contributed by atoms with Crippen molar-refractivity contribution in [3.63, 3.8) is 0 Å². The van der Waals surface area contributed by atoms with Crippen molar-refractivity contribution in [2.45, 2.75) is 32.9 Å². The predicted octanol–water partition coefficient (Wildman–Crippen LogP) is 2.50. The van der Waals surface area contributed by atoms with Crippen molar-refractivity contribution in [3.05, 3.63) is 34.9 Å². The van der Waals surface area contributed by atoms with Gasteiger partial charge >= 0.3 is 0 Å². The number of halogens is 1. The Morgan fingerprint density at radius 3 is 2.18 bits per heavy atom. The summed E-state index contributed by atoms with van der Waals surface area (Å²) < 4.78 is 0. The third-order valence-corrected chi connectivity index (χ3v) is 2.86. The fraction of sp³-hybridized carbons (Fsp3) is 0.462. The molecule has 0 aliphatic carbocycles. The van der Waals surface area contributed by atoms with Gasteiger partial charge in [0.15, 0.2) is 0 Å². The quantitative estimate of drug-likeness (QED) is 0.868. The van der Waals surface area contributed by atoms with Gasteiger partial charge in [-0.3, -0.25) is 4.79 Å². The second kappa shape index (κ2) is 6.03. The summed E-state index contributed by atoms with van der Waals surface area (Å²) in [7, 11) is 0. The molecule has 2 atom stereocenters. The molecule has 0 fully saturated rings. The molecule has 1 aromatic carbocycles. The van der Waals surface area contributed by atoms with Crippen molar-refractivity contribution in [3.8, 4) is 0 Å². The van der Waals surface area contributed by atoms with Crippen LogP contribution in [0.15, 0.2) is 24.3 Å². The molecule has 0 bridgehead atoms. The Morgan fingerprint density at radius 2 is 1.76 bits per heavy atom. The van der Waals surface area contributed by atoms with Gasteiger partial charge in [0, 0.05) is 5.02 Å². The summed E-state index contributed by atoms with van der Waals surface area (Å²) in [6.07, 6.45) is 0. The van der Waals surface area contributed by atoms with E-state index in [1.165, 1.54) is 0 Å². The number of carbonyl (C=O) groups is 1. The van der Waals surface area contributed by atoms with Crippen molar-refractivity contribution in [2.24, 2.45) is 11.7 Å². The van der Waals surface area contributed by atoms with E-state index < -0.39 is 6.04 Å². The average molecular weight is 255 g/mol. The van der Waals surface area contributed by atoms with Gasteiger partial charge in [-0.15, -0.1) is 0 Å². The Kier molecular flexibility index (Phi) is 4.97. The monoisotopic (exact) mass is 254 g/mol. The normalized spacial score (nSPS) is 14.5. The van der Waals surface area contributed by atoms with Crippen LogP contribution < -0.4 is 11.1 Å². The molecule has 0 spiro atoms. The molecule has 1 aromatic rings. The molecule has 1 rings (SSSR count). The zero-order valence-corrected chi connectivity index (χ0v) is 11.2. The highest BCUT2D eigenvalue weighted by Crippen LogP contribution is 2.23. The molecule has 17 heavy (non-hydrogen) atoms. The molecular formula is C13H19ClN2O. The number of nitrogens with two attached hydrogens (primary N) is 1. The topological polar surface area (TPSA) is 55.1 Å². The molecule has 0 aromatic heterocycles. The molecule has 0 aliphatic heterocycles. The van der Waals surface area contributed by atoms with Crippen LogP contribution in [-0.2, 0) is 4.79 Å². The Labute approximate surface area is 107 Å². The fourth-order valence-corrected chi connectivity index (χ4v) is 1.72. The van der Waals surface area contributed by atoms with E-state index in [-0.39, 0.29) is 11.9 Å². The molecule has 0 heterocycles. The summed E-state index contributed by atoms with van der Waals surface area (Å²) >= 11 is 5.84. The summed E-state index contributed by atoms with van der Waals surface area (Å²) in [6, 6.07) is 6.96. The van der Waals surface area contributed by atoms with Gasteiger partial charge < -0.3 is 11.1 Å². The maximum absolute atomic E-state index is 11.6. The minimum Gasteiger partial charge on any atom is -0.348 e. The van der Waals surface area contributed by atoms with Crippen LogP contribution in [0.1, 0.15) is 32.4 Å². The van der Waals surface area contributed by atoms with Gasteiger partial charge in [-0.2, -0.15) is 0 Å². The van der Waals surface area contributed by atoms with Gasteiger partial charge in [0.2, 0.25) is 5.91 Å². The Bertz CT molecular complexity index is 374. The number of hydrogen-bond donors (Lipinski definition) is 2. The first kappa shape index (κ1) is 14.0. The highest BCUT2D eigenvalue weighted by molar-refractivity contribution is 6.30. The third-order valence-electron chi connectivity index (χ3n) is 2.61. The summed E-state index contributed by atoms with van der Waals surface area (Å²) in [5.74, 6) is 0.150. The van der Waals surface area contributed by atoms with E-state index in [2.05, 4.69) is 19.2 Å². The molecule has 0 saturated heterocycles. The summed E-state index contributed by atoms with van der Waals surface area (Å²) in [5.41, 5.74) is 6.59. The molecule has 94 valence electrons. The third kappa shape index (κ3) is 4.02. The number of carbonyl (C=O) groups excluding carboxylic acids is 1. The van der Waals surface area contributed by atoms with E-state index in [9.17, 15) is 4.79 Å². The number of amides is 1. The summed E-state index contributed by atoms with van der Waals surface area (Å²) in [5, 5.41) is 3.63. The lowest BCUT2D eigenvalue weighted by Crippen LogP contribution is -2.41. The zero-order chi connectivity index (χ0) is 13.0. The van der Waals surface area contributed by atoms with Gasteiger partial charge in [0.05, 0.1) is 12.1 Å². The Hall–Kier alpha value is -1.06. The highest BCUT2D eigenvalue weighted by atomic mass is 35.5. The molecule has 4 heteroatoms. The van der Waals surface area contributed by atoms with E-state index in [1.807, 2.05) is 24.3 Å². The maximum Gasteiger partial charge on any atom is 0.237 e. The first-order valence-corrected chi connectivity index (χ1v) is 6.11. The van der Waals surface area contributed by atoms with Gasteiger partial charge in [-0.25, -0.2) is 0 Å². The predicted molar refractivity (Wildman–Crippen MR) is 70.8 cm³/mol. The van der Waals surface area contributed by atoms with Crippen LogP contribution in [0.3, 0.4) is 0 Å². The van der Waals surface area contributed by atoms with Crippen LogP contribution in [0.25, 0.3) is 0 Å². The van der Waals surface area contributed by atoms with E-state index in [4.69, 9.17) is 17.3 Å². The largest absolute Gasteiger partial charge is 0.348 e. The van der Waals surface area contributed by atoms with Crippen LogP contribution in [0, 0.1) is 5.92 Å². The lowest BCUT2D eigenvalue weighted by Gasteiger charge is -2.24. The number of rotatable bonds is 4. The molecule has 2 unspecified atom stereocenters. The minimum absolute atomic E-state index is 0.0363. The SMILES string of the molecule is CC(N)C(=O)NC(c1ccc(Cl)cc1)C(C)C. The zero-order valence-electron chi connectivity index (χ0n) is 10.4. The van der Waals surface area contributed by atoms with Crippen molar-refractivity contribution < 1.29 is 4.79 Å². The van der Waals surface area contributed by atoms with Gasteiger partial charge in [-0.05, 0) is 30.5 Å². The molecule has 3 N–H and O–H groups in total. The summed E-state index contributed by atoms with van der Waals surface area (Å²) in [6.45, 7) is 5.79. The number of benzene rings is 1. The molecule has 0 radical (unpaired) electrons. The van der Waals surface area contributed by atoms with Crippen LogP contribution in [0.4, 0.5) is 0 Å². The Balaban J connectivity index is 2.86. The Morgan fingerprint density at radius 1 is 1.24 bits per heavy atom. The second-order valence-electron chi connectivity index (χ2n) is 4.57. The number of nitrogens with one attached hydrogen (secondary N) is 1. The number of hydrogen-bond acceptors (Lipinski definition) is 2. The smallest absolute Gasteiger partial charge is 0.237 e. The first-order chi connectivity index (χ1) is 7.91. The van der Waals surface area contributed by atoms with Crippen molar-refractivity contribution in [1.29, 1.82) is 0 Å². The lowest BCUT2D eigenvalue weighted by atomic mass is 9.96. The molecule has 0 aliphatic rings. The van der Waals surface area contributed by atoms with Crippen LogP contribution >= 0.6 is 11.6 Å². The van der Waals surface area contributed by atoms with Gasteiger partial charge in [-0.1, -0.05) is 37.6 Å². The first-order valence-electron chi connectivity index (χ1n) is 5.73.